The number of rotatable bonds is 4. The average molecular weight is 944 g/mol. The van der Waals surface area contributed by atoms with Gasteiger partial charge in [-0.15, -0.1) is 22.7 Å². The van der Waals surface area contributed by atoms with E-state index in [1.807, 2.05) is 22.7 Å². The summed E-state index contributed by atoms with van der Waals surface area (Å²) >= 11 is 3.83. The van der Waals surface area contributed by atoms with Crippen molar-refractivity contribution in [3.05, 3.63) is 179 Å². The Morgan fingerprint density at radius 1 is 0.443 bits per heavy atom. The van der Waals surface area contributed by atoms with E-state index >= 15 is 0 Å². The van der Waals surface area contributed by atoms with E-state index in [1.165, 1.54) is 130 Å². The van der Waals surface area contributed by atoms with Crippen LogP contribution in [0.15, 0.2) is 152 Å². The van der Waals surface area contributed by atoms with Crippen molar-refractivity contribution in [3.63, 3.8) is 0 Å². The van der Waals surface area contributed by atoms with Crippen molar-refractivity contribution in [1.29, 1.82) is 0 Å². The highest BCUT2D eigenvalue weighted by Gasteiger charge is 2.44. The van der Waals surface area contributed by atoms with Gasteiger partial charge in [0.25, 0.3) is 6.71 Å². The van der Waals surface area contributed by atoms with Gasteiger partial charge in [0, 0.05) is 69.8 Å². The molecule has 0 atom stereocenters. The first kappa shape index (κ1) is 43.4. The fraction of sp³-hybridized carbons (Fsp3) is 0.219. The zero-order valence-electron chi connectivity index (χ0n) is 42.2. The SMILES string of the molecule is Cc1cc(C(C)(C)C)ccc1N(c1ccc2c(c1)N(c1cccc3sc4ccccc4c13)c1cc(C(C)(C)C)cc3c1B2c1cccc2c4sc5ccccc5c4n-3c12)c1ccc(C(C)(C)C)cc1C. The fourth-order valence-electron chi connectivity index (χ4n) is 11.8. The third-order valence-corrected chi connectivity index (χ3v) is 17.8. The van der Waals surface area contributed by atoms with Crippen LogP contribution in [0.25, 0.3) is 57.1 Å². The van der Waals surface area contributed by atoms with E-state index in [1.54, 1.807) is 0 Å². The lowest BCUT2D eigenvalue weighted by atomic mass is 9.33. The van der Waals surface area contributed by atoms with Gasteiger partial charge in [-0.2, -0.15) is 0 Å². The predicted octanol–water partition coefficient (Wildman–Crippen LogP) is 17.0. The number of benzene rings is 8. The standard InChI is InChI=1S/C64H58BN3S2/c1-37-32-39(62(3,4)5)26-30-48(37)66(49-31-27-40(33-38(49)2)63(6,7)8)42-28-29-46-51(36-42)67(50-22-17-25-56-57(50)43-18-12-14-23-54(43)69-56)52-34-41(64(9,10)11)35-53-58(52)65(46)47-21-16-20-45-59(47)68(53)60-44-19-13-15-24-55(44)70-61(45)60/h12-36H,1-11H3. The van der Waals surface area contributed by atoms with Gasteiger partial charge in [0.15, 0.2) is 0 Å². The normalized spacial score (nSPS) is 13.6. The summed E-state index contributed by atoms with van der Waals surface area (Å²) in [5.74, 6) is 0. The zero-order chi connectivity index (χ0) is 48.3. The molecule has 0 saturated carbocycles. The molecule has 5 heterocycles. The lowest BCUT2D eigenvalue weighted by molar-refractivity contribution is 0.589. The molecule has 8 aromatic carbocycles. The Morgan fingerprint density at radius 3 is 1.69 bits per heavy atom. The number of nitrogens with zero attached hydrogens (tertiary/aromatic N) is 3. The molecule has 0 unspecified atom stereocenters. The maximum Gasteiger partial charge on any atom is 0.252 e. The van der Waals surface area contributed by atoms with E-state index in [2.05, 4.69) is 242 Å². The monoisotopic (exact) mass is 943 g/mol. The number of aryl methyl sites for hydroxylation is 2. The Hall–Kier alpha value is -6.60. The van der Waals surface area contributed by atoms with E-state index in [0.717, 1.165) is 5.69 Å². The number of hydrogen-bond acceptors (Lipinski definition) is 4. The minimum atomic E-state index is -0.126. The second-order valence-corrected chi connectivity index (χ2v) is 25.3. The number of para-hydroxylation sites is 1. The van der Waals surface area contributed by atoms with E-state index in [-0.39, 0.29) is 23.0 Å². The highest BCUT2D eigenvalue weighted by atomic mass is 32.1. The fourth-order valence-corrected chi connectivity index (χ4v) is 14.2. The molecule has 70 heavy (non-hydrogen) atoms. The molecule has 0 spiro atoms. The van der Waals surface area contributed by atoms with E-state index in [0.29, 0.717) is 0 Å². The summed E-state index contributed by atoms with van der Waals surface area (Å²) in [6.45, 7) is 25.6. The topological polar surface area (TPSA) is 11.4 Å². The minimum absolute atomic E-state index is 0.0123. The van der Waals surface area contributed by atoms with Crippen LogP contribution in [0.3, 0.4) is 0 Å². The first-order valence-electron chi connectivity index (χ1n) is 25.0. The Balaban J connectivity index is 1.16. The van der Waals surface area contributed by atoms with Crippen LogP contribution in [0, 0.1) is 13.8 Å². The Labute approximate surface area is 420 Å². The van der Waals surface area contributed by atoms with Gasteiger partial charge in [-0.1, -0.05) is 153 Å². The second kappa shape index (κ2) is 15.0. The van der Waals surface area contributed by atoms with Crippen LogP contribution in [-0.4, -0.2) is 11.3 Å². The molecule has 3 aromatic heterocycles. The molecule has 2 aliphatic heterocycles. The van der Waals surface area contributed by atoms with Gasteiger partial charge in [-0.05, 0) is 135 Å². The first-order chi connectivity index (χ1) is 33.5. The molecular weight excluding hydrogens is 886 g/mol. The van der Waals surface area contributed by atoms with Crippen molar-refractivity contribution in [1.82, 2.24) is 4.57 Å². The van der Waals surface area contributed by atoms with Crippen LogP contribution in [-0.2, 0) is 16.2 Å². The zero-order valence-corrected chi connectivity index (χ0v) is 43.8. The van der Waals surface area contributed by atoms with Gasteiger partial charge < -0.3 is 14.4 Å². The lowest BCUT2D eigenvalue weighted by Gasteiger charge is -2.42. The average Bonchev–Trinajstić information content (AvgIpc) is 4.00. The van der Waals surface area contributed by atoms with Crippen LogP contribution in [0.5, 0.6) is 0 Å². The molecule has 0 saturated heterocycles. The van der Waals surface area contributed by atoms with Gasteiger partial charge in [0.05, 0.1) is 21.4 Å². The molecule has 11 aromatic rings. The predicted molar refractivity (Wildman–Crippen MR) is 309 cm³/mol. The van der Waals surface area contributed by atoms with Gasteiger partial charge >= 0.3 is 0 Å². The molecule has 0 N–H and O–H groups in total. The number of hydrogen-bond donors (Lipinski definition) is 0. The number of fused-ring (bicyclic) bond motifs is 12. The van der Waals surface area contributed by atoms with Crippen molar-refractivity contribution in [2.45, 2.75) is 92.4 Å². The Morgan fingerprint density at radius 2 is 1.03 bits per heavy atom. The van der Waals surface area contributed by atoms with Crippen LogP contribution in [0.2, 0.25) is 0 Å². The molecular formula is C64H58BN3S2. The largest absolute Gasteiger partial charge is 0.311 e. The molecule has 2 aliphatic rings. The summed E-state index contributed by atoms with van der Waals surface area (Å²) in [5.41, 5.74) is 21.7. The summed E-state index contributed by atoms with van der Waals surface area (Å²) in [6, 6.07) is 58.9. The molecule has 344 valence electrons. The third kappa shape index (κ3) is 6.31. The molecule has 0 amide bonds. The highest BCUT2D eigenvalue weighted by Crippen LogP contribution is 2.51. The van der Waals surface area contributed by atoms with Crippen LogP contribution >= 0.6 is 22.7 Å². The number of anilines is 6. The molecule has 0 bridgehead atoms. The summed E-state index contributed by atoms with van der Waals surface area (Å²) in [6.07, 6.45) is 0. The maximum absolute atomic E-state index is 2.67. The van der Waals surface area contributed by atoms with Crippen LogP contribution in [0.1, 0.15) is 90.1 Å². The van der Waals surface area contributed by atoms with Gasteiger partial charge in [0.2, 0.25) is 0 Å². The summed E-state index contributed by atoms with van der Waals surface area (Å²) in [7, 11) is 0. The van der Waals surface area contributed by atoms with Crippen molar-refractivity contribution in [3.8, 4) is 5.69 Å². The van der Waals surface area contributed by atoms with Crippen LogP contribution < -0.4 is 26.2 Å². The van der Waals surface area contributed by atoms with E-state index in [4.69, 9.17) is 0 Å². The van der Waals surface area contributed by atoms with E-state index < -0.39 is 0 Å². The molecule has 13 rings (SSSR count). The maximum atomic E-state index is 2.67. The molecule has 0 aliphatic carbocycles. The third-order valence-electron chi connectivity index (χ3n) is 15.5. The Kier molecular flexibility index (Phi) is 9.28. The first-order valence-corrected chi connectivity index (χ1v) is 26.6. The van der Waals surface area contributed by atoms with Crippen molar-refractivity contribution in [2.24, 2.45) is 0 Å². The minimum Gasteiger partial charge on any atom is -0.311 e. The van der Waals surface area contributed by atoms with Gasteiger partial charge in [0.1, 0.15) is 0 Å². The highest BCUT2D eigenvalue weighted by molar-refractivity contribution is 7.27. The molecule has 0 fully saturated rings. The quantitative estimate of drug-likeness (QED) is 0.163. The van der Waals surface area contributed by atoms with Crippen molar-refractivity contribution >= 4 is 131 Å². The molecule has 3 nitrogen and oxygen atoms in total. The van der Waals surface area contributed by atoms with Crippen molar-refractivity contribution < 1.29 is 0 Å². The van der Waals surface area contributed by atoms with E-state index in [9.17, 15) is 0 Å². The number of thiophene rings is 2. The lowest BCUT2D eigenvalue weighted by Crippen LogP contribution is -2.60. The molecule has 6 heteroatoms. The number of aromatic nitrogens is 1. The van der Waals surface area contributed by atoms with Gasteiger partial charge in [-0.3, -0.25) is 0 Å². The molecule has 0 radical (unpaired) electrons. The smallest absolute Gasteiger partial charge is 0.252 e. The Bertz CT molecular complexity index is 3950. The second-order valence-electron chi connectivity index (χ2n) is 23.1. The van der Waals surface area contributed by atoms with Crippen molar-refractivity contribution in [2.75, 3.05) is 9.80 Å². The summed E-state index contributed by atoms with van der Waals surface area (Å²) < 4.78 is 7.97. The van der Waals surface area contributed by atoms with Gasteiger partial charge in [-0.25, -0.2) is 0 Å². The summed E-state index contributed by atoms with van der Waals surface area (Å²) in [5, 5.41) is 5.26. The van der Waals surface area contributed by atoms with Crippen LogP contribution in [0.4, 0.5) is 34.1 Å². The summed E-state index contributed by atoms with van der Waals surface area (Å²) in [4.78, 5) is 5.22.